The highest BCUT2D eigenvalue weighted by molar-refractivity contribution is 5.94. The molecule has 1 aliphatic heterocycles. The fourth-order valence-corrected chi connectivity index (χ4v) is 2.95. The summed E-state index contributed by atoms with van der Waals surface area (Å²) in [5.74, 6) is 0.486. The molecule has 6 heteroatoms. The van der Waals surface area contributed by atoms with E-state index in [0.717, 1.165) is 30.9 Å². The van der Waals surface area contributed by atoms with E-state index in [1.54, 1.807) is 11.8 Å². The zero-order chi connectivity index (χ0) is 18.9. The first-order valence-electron chi connectivity index (χ1n) is 9.44. The van der Waals surface area contributed by atoms with Gasteiger partial charge in [-0.1, -0.05) is 26.0 Å². The highest BCUT2D eigenvalue weighted by Crippen LogP contribution is 2.26. The number of morpholine rings is 1. The van der Waals surface area contributed by atoms with E-state index >= 15 is 0 Å². The van der Waals surface area contributed by atoms with E-state index < -0.39 is 0 Å². The quantitative estimate of drug-likeness (QED) is 0.773. The van der Waals surface area contributed by atoms with Gasteiger partial charge in [0.25, 0.3) is 0 Å². The summed E-state index contributed by atoms with van der Waals surface area (Å²) in [7, 11) is 0. The summed E-state index contributed by atoms with van der Waals surface area (Å²) in [5.41, 5.74) is 1.84. The average Bonchev–Trinajstić information content (AvgIpc) is 2.62. The molecule has 1 fully saturated rings. The first-order valence-corrected chi connectivity index (χ1v) is 9.44. The Bertz CT molecular complexity index is 598. The van der Waals surface area contributed by atoms with Gasteiger partial charge in [-0.2, -0.15) is 0 Å². The second-order valence-corrected chi connectivity index (χ2v) is 7.10. The number of carbonyl (C=O) groups excluding carboxylic acids is 2. The Balaban J connectivity index is 1.91. The number of benzene rings is 1. The van der Waals surface area contributed by atoms with E-state index in [1.807, 2.05) is 24.3 Å². The number of para-hydroxylation sites is 2. The molecule has 144 valence electrons. The molecule has 2 rings (SSSR count). The van der Waals surface area contributed by atoms with Crippen molar-refractivity contribution < 1.29 is 14.3 Å². The highest BCUT2D eigenvalue weighted by atomic mass is 16.5. The molecular weight excluding hydrogens is 330 g/mol. The number of rotatable bonds is 8. The largest absolute Gasteiger partial charge is 0.378 e. The topological polar surface area (TPSA) is 61.9 Å². The maximum absolute atomic E-state index is 12.4. The third kappa shape index (κ3) is 6.33. The van der Waals surface area contributed by atoms with Gasteiger partial charge in [0.15, 0.2) is 0 Å². The van der Waals surface area contributed by atoms with Crippen LogP contribution in [0.5, 0.6) is 0 Å². The lowest BCUT2D eigenvalue weighted by Crippen LogP contribution is -2.37. The van der Waals surface area contributed by atoms with Crippen LogP contribution >= 0.6 is 0 Å². The molecule has 1 N–H and O–H groups in total. The SMILES string of the molecule is CC(=O)N(CCC(=O)Nc1ccccc1N1CCOCC1)CCC(C)C. The van der Waals surface area contributed by atoms with E-state index in [4.69, 9.17) is 4.74 Å². The average molecular weight is 361 g/mol. The van der Waals surface area contributed by atoms with Gasteiger partial charge in [-0.05, 0) is 24.5 Å². The molecule has 6 nitrogen and oxygen atoms in total. The smallest absolute Gasteiger partial charge is 0.226 e. The molecular formula is C20H31N3O3. The Kier molecular flexibility index (Phi) is 7.91. The number of anilines is 2. The minimum atomic E-state index is -0.0680. The molecule has 0 aromatic heterocycles. The molecule has 0 atom stereocenters. The Hall–Kier alpha value is -2.08. The van der Waals surface area contributed by atoms with Crippen LogP contribution < -0.4 is 10.2 Å². The van der Waals surface area contributed by atoms with Crippen molar-refractivity contribution in [3.05, 3.63) is 24.3 Å². The van der Waals surface area contributed by atoms with Crippen molar-refractivity contribution in [1.82, 2.24) is 4.90 Å². The Morgan fingerprint density at radius 1 is 1.19 bits per heavy atom. The van der Waals surface area contributed by atoms with E-state index in [9.17, 15) is 9.59 Å². The van der Waals surface area contributed by atoms with Gasteiger partial charge in [-0.3, -0.25) is 9.59 Å². The van der Waals surface area contributed by atoms with Crippen LogP contribution in [-0.4, -0.2) is 56.1 Å². The normalized spacial score (nSPS) is 14.4. The molecule has 0 spiro atoms. The molecule has 1 aromatic carbocycles. The number of nitrogens with zero attached hydrogens (tertiary/aromatic N) is 2. The van der Waals surface area contributed by atoms with E-state index in [-0.39, 0.29) is 11.8 Å². The summed E-state index contributed by atoms with van der Waals surface area (Å²) in [6, 6.07) is 7.84. The molecule has 0 bridgehead atoms. The van der Waals surface area contributed by atoms with Gasteiger partial charge in [-0.15, -0.1) is 0 Å². The zero-order valence-electron chi connectivity index (χ0n) is 16.2. The molecule has 0 radical (unpaired) electrons. The van der Waals surface area contributed by atoms with Crippen molar-refractivity contribution in [3.63, 3.8) is 0 Å². The van der Waals surface area contributed by atoms with Gasteiger partial charge >= 0.3 is 0 Å². The molecule has 0 unspecified atom stereocenters. The van der Waals surface area contributed by atoms with E-state index in [1.165, 1.54) is 0 Å². The minimum absolute atomic E-state index is 0.0205. The Morgan fingerprint density at radius 2 is 1.88 bits per heavy atom. The van der Waals surface area contributed by atoms with E-state index in [2.05, 4.69) is 24.1 Å². The van der Waals surface area contributed by atoms with Crippen molar-refractivity contribution in [1.29, 1.82) is 0 Å². The lowest BCUT2D eigenvalue weighted by Gasteiger charge is -2.30. The minimum Gasteiger partial charge on any atom is -0.378 e. The number of hydrogen-bond acceptors (Lipinski definition) is 4. The Morgan fingerprint density at radius 3 is 2.54 bits per heavy atom. The molecule has 0 aliphatic carbocycles. The summed E-state index contributed by atoms with van der Waals surface area (Å²) in [4.78, 5) is 28.2. The monoisotopic (exact) mass is 361 g/mol. The van der Waals surface area contributed by atoms with E-state index in [0.29, 0.717) is 38.6 Å². The zero-order valence-corrected chi connectivity index (χ0v) is 16.2. The molecule has 1 heterocycles. The fraction of sp³-hybridized carbons (Fsp3) is 0.600. The summed E-state index contributed by atoms with van der Waals surface area (Å²) in [6.45, 7) is 10.0. The van der Waals surface area contributed by atoms with Gasteiger partial charge in [0, 0.05) is 39.5 Å². The van der Waals surface area contributed by atoms with Gasteiger partial charge in [0.1, 0.15) is 0 Å². The molecule has 1 saturated heterocycles. The number of nitrogens with one attached hydrogen (secondary N) is 1. The van der Waals surface area contributed by atoms with Crippen LogP contribution in [0.1, 0.15) is 33.6 Å². The van der Waals surface area contributed by atoms with Crippen molar-refractivity contribution in [3.8, 4) is 0 Å². The summed E-state index contributed by atoms with van der Waals surface area (Å²) in [5, 5.41) is 3.01. The van der Waals surface area contributed by atoms with Crippen LogP contribution in [0.15, 0.2) is 24.3 Å². The lowest BCUT2D eigenvalue weighted by atomic mass is 10.1. The van der Waals surface area contributed by atoms with Gasteiger partial charge < -0.3 is 19.9 Å². The van der Waals surface area contributed by atoms with Crippen LogP contribution in [0.4, 0.5) is 11.4 Å². The number of ether oxygens (including phenoxy) is 1. The summed E-state index contributed by atoms with van der Waals surface area (Å²) < 4.78 is 5.40. The standard InChI is InChI=1S/C20H31N3O3/c1-16(2)8-10-22(17(3)24)11-9-20(25)21-18-6-4-5-7-19(18)23-12-14-26-15-13-23/h4-7,16H,8-15H2,1-3H3,(H,21,25). The van der Waals surface area contributed by atoms with Crippen LogP contribution in [0, 0.1) is 5.92 Å². The first-order chi connectivity index (χ1) is 12.5. The van der Waals surface area contributed by atoms with Gasteiger partial charge in [-0.25, -0.2) is 0 Å². The maximum atomic E-state index is 12.4. The van der Waals surface area contributed by atoms with Crippen LogP contribution in [0.2, 0.25) is 0 Å². The predicted octanol–water partition coefficient (Wildman–Crippen LogP) is 2.75. The third-order valence-corrected chi connectivity index (χ3v) is 4.56. The van der Waals surface area contributed by atoms with Gasteiger partial charge in [0.2, 0.25) is 11.8 Å². The van der Waals surface area contributed by atoms with Crippen LogP contribution in [0.25, 0.3) is 0 Å². The third-order valence-electron chi connectivity index (χ3n) is 4.56. The van der Waals surface area contributed by atoms with Gasteiger partial charge in [0.05, 0.1) is 24.6 Å². The summed E-state index contributed by atoms with van der Waals surface area (Å²) >= 11 is 0. The molecule has 0 saturated carbocycles. The predicted molar refractivity (Wildman–Crippen MR) is 104 cm³/mol. The fourth-order valence-electron chi connectivity index (χ4n) is 2.95. The highest BCUT2D eigenvalue weighted by Gasteiger charge is 2.16. The van der Waals surface area contributed by atoms with Crippen LogP contribution in [-0.2, 0) is 14.3 Å². The number of hydrogen-bond donors (Lipinski definition) is 1. The molecule has 1 aromatic rings. The van der Waals surface area contributed by atoms with Crippen LogP contribution in [0.3, 0.4) is 0 Å². The second-order valence-electron chi connectivity index (χ2n) is 7.10. The maximum Gasteiger partial charge on any atom is 0.226 e. The van der Waals surface area contributed by atoms with Crippen molar-refractivity contribution in [2.45, 2.75) is 33.6 Å². The van der Waals surface area contributed by atoms with Crippen molar-refractivity contribution in [2.24, 2.45) is 5.92 Å². The summed E-state index contributed by atoms with van der Waals surface area (Å²) in [6.07, 6.45) is 1.25. The molecule has 26 heavy (non-hydrogen) atoms. The second kappa shape index (κ2) is 10.2. The number of amides is 2. The lowest BCUT2D eigenvalue weighted by molar-refractivity contribution is -0.129. The number of carbonyl (C=O) groups is 2. The van der Waals surface area contributed by atoms with Crippen molar-refractivity contribution in [2.75, 3.05) is 49.6 Å². The van der Waals surface area contributed by atoms with Crippen molar-refractivity contribution >= 4 is 23.2 Å². The molecule has 1 aliphatic rings. The first kappa shape index (κ1) is 20.2. The molecule has 2 amide bonds. The Labute approximate surface area is 156 Å².